The van der Waals surface area contributed by atoms with Gasteiger partial charge in [0.25, 0.3) is 0 Å². The first-order valence-corrected chi connectivity index (χ1v) is 7.20. The molecule has 2 heterocycles. The van der Waals surface area contributed by atoms with Gasteiger partial charge in [0.2, 0.25) is 0 Å². The number of ether oxygens (including phenoxy) is 1. The Morgan fingerprint density at radius 1 is 1.27 bits per heavy atom. The number of hydrogen-bond acceptors (Lipinski definition) is 4. The first kappa shape index (κ1) is 14.5. The van der Waals surface area contributed by atoms with E-state index in [-0.39, 0.29) is 18.7 Å². The van der Waals surface area contributed by atoms with Crippen LogP contribution in [0.1, 0.15) is 17.4 Å². The van der Waals surface area contributed by atoms with Crippen LogP contribution in [0, 0.1) is 0 Å². The number of aliphatic hydroxyl groups is 1. The van der Waals surface area contributed by atoms with Crippen molar-refractivity contribution in [2.75, 3.05) is 13.1 Å². The summed E-state index contributed by atoms with van der Waals surface area (Å²) >= 11 is 0. The van der Waals surface area contributed by atoms with Crippen LogP contribution in [0.25, 0.3) is 0 Å². The summed E-state index contributed by atoms with van der Waals surface area (Å²) < 4.78 is 10.8. The van der Waals surface area contributed by atoms with Crippen LogP contribution in [0.4, 0.5) is 4.79 Å². The smallest absolute Gasteiger partial charge is 0.315 e. The molecular formula is C16H18N2O4. The lowest BCUT2D eigenvalue weighted by atomic mass is 10.1. The van der Waals surface area contributed by atoms with Gasteiger partial charge in [0.15, 0.2) is 0 Å². The van der Waals surface area contributed by atoms with Crippen molar-refractivity contribution >= 4 is 6.03 Å². The van der Waals surface area contributed by atoms with Crippen molar-refractivity contribution in [3.8, 4) is 5.75 Å². The van der Waals surface area contributed by atoms with Crippen molar-refractivity contribution in [2.24, 2.45) is 0 Å². The standard InChI is InChI=1S/C16H18N2O4/c19-13(15-6-3-7-21-15)10-18-16(20)17-9-12-8-11-4-1-2-5-14(11)22-12/h1-7,12-13,19H,8-10H2,(H2,17,18,20). The lowest BCUT2D eigenvalue weighted by Gasteiger charge is -2.14. The lowest BCUT2D eigenvalue weighted by Crippen LogP contribution is -2.42. The number of rotatable bonds is 5. The number of nitrogens with one attached hydrogen (secondary N) is 2. The number of urea groups is 1. The molecule has 6 nitrogen and oxygen atoms in total. The number of benzene rings is 1. The van der Waals surface area contributed by atoms with Gasteiger partial charge in [-0.1, -0.05) is 18.2 Å². The second-order valence-corrected chi connectivity index (χ2v) is 5.17. The molecular weight excluding hydrogens is 284 g/mol. The van der Waals surface area contributed by atoms with E-state index in [1.807, 2.05) is 24.3 Å². The molecule has 0 radical (unpaired) electrons. The van der Waals surface area contributed by atoms with Gasteiger partial charge in [-0.15, -0.1) is 0 Å². The quantitative estimate of drug-likeness (QED) is 0.783. The molecule has 1 aromatic carbocycles. The van der Waals surface area contributed by atoms with Crippen molar-refractivity contribution in [3.63, 3.8) is 0 Å². The van der Waals surface area contributed by atoms with Crippen molar-refractivity contribution in [3.05, 3.63) is 54.0 Å². The highest BCUT2D eigenvalue weighted by Crippen LogP contribution is 2.27. The van der Waals surface area contributed by atoms with Crippen LogP contribution in [0.2, 0.25) is 0 Å². The molecule has 0 fully saturated rings. The highest BCUT2D eigenvalue weighted by atomic mass is 16.5. The molecule has 22 heavy (non-hydrogen) atoms. The van der Waals surface area contributed by atoms with Crippen LogP contribution in [0.5, 0.6) is 5.75 Å². The summed E-state index contributed by atoms with van der Waals surface area (Å²) in [5, 5.41) is 15.1. The van der Waals surface area contributed by atoms with Crippen LogP contribution in [0.15, 0.2) is 47.1 Å². The zero-order chi connectivity index (χ0) is 15.4. The number of carbonyl (C=O) groups excluding carboxylic acids is 1. The third-order valence-corrected chi connectivity index (χ3v) is 3.53. The summed E-state index contributed by atoms with van der Waals surface area (Å²) in [5.74, 6) is 1.30. The molecule has 1 aromatic heterocycles. The summed E-state index contributed by atoms with van der Waals surface area (Å²) in [6.45, 7) is 0.502. The van der Waals surface area contributed by atoms with Gasteiger partial charge < -0.3 is 24.9 Å². The minimum atomic E-state index is -0.854. The highest BCUT2D eigenvalue weighted by molar-refractivity contribution is 5.73. The van der Waals surface area contributed by atoms with Crippen LogP contribution in [-0.4, -0.2) is 30.3 Å². The van der Waals surface area contributed by atoms with Crippen LogP contribution >= 0.6 is 0 Å². The molecule has 0 bridgehead atoms. The molecule has 3 rings (SSSR count). The molecule has 116 valence electrons. The Labute approximate surface area is 128 Å². The molecule has 6 heteroatoms. The zero-order valence-corrected chi connectivity index (χ0v) is 12.0. The molecule has 2 atom stereocenters. The Hall–Kier alpha value is -2.47. The number of para-hydroxylation sites is 1. The molecule has 0 spiro atoms. The maximum absolute atomic E-state index is 11.7. The van der Waals surface area contributed by atoms with Crippen molar-refractivity contribution in [1.29, 1.82) is 0 Å². The van der Waals surface area contributed by atoms with E-state index in [4.69, 9.17) is 9.15 Å². The van der Waals surface area contributed by atoms with Crippen molar-refractivity contribution in [1.82, 2.24) is 10.6 Å². The number of amides is 2. The summed E-state index contributed by atoms with van der Waals surface area (Å²) in [4.78, 5) is 11.7. The SMILES string of the molecule is O=C(NCC1Cc2ccccc2O1)NCC(O)c1ccco1. The molecule has 2 aromatic rings. The molecule has 2 unspecified atom stereocenters. The maximum atomic E-state index is 11.7. The Morgan fingerprint density at radius 2 is 2.14 bits per heavy atom. The summed E-state index contributed by atoms with van der Waals surface area (Å²) in [6, 6.07) is 10.9. The van der Waals surface area contributed by atoms with Gasteiger partial charge in [0.1, 0.15) is 23.7 Å². The summed E-state index contributed by atoms with van der Waals surface area (Å²) in [6.07, 6.45) is 1.35. The molecule has 0 saturated carbocycles. The van der Waals surface area contributed by atoms with E-state index >= 15 is 0 Å². The predicted molar refractivity (Wildman–Crippen MR) is 79.6 cm³/mol. The molecule has 0 saturated heterocycles. The fourth-order valence-electron chi connectivity index (χ4n) is 2.41. The van der Waals surface area contributed by atoms with Gasteiger partial charge in [0.05, 0.1) is 19.4 Å². The Kier molecular flexibility index (Phi) is 4.29. The largest absolute Gasteiger partial charge is 0.488 e. The minimum absolute atomic E-state index is 0.0573. The van der Waals surface area contributed by atoms with Crippen LogP contribution < -0.4 is 15.4 Å². The third kappa shape index (κ3) is 3.40. The van der Waals surface area contributed by atoms with Gasteiger partial charge in [-0.05, 0) is 23.8 Å². The predicted octanol–water partition coefficient (Wildman–Crippen LogP) is 1.62. The van der Waals surface area contributed by atoms with E-state index in [1.54, 1.807) is 12.1 Å². The summed E-state index contributed by atoms with van der Waals surface area (Å²) in [5.41, 5.74) is 1.16. The van der Waals surface area contributed by atoms with Crippen LogP contribution in [-0.2, 0) is 6.42 Å². The van der Waals surface area contributed by atoms with E-state index in [0.29, 0.717) is 12.3 Å². The second kappa shape index (κ2) is 6.53. The Balaban J connectivity index is 1.39. The van der Waals surface area contributed by atoms with Gasteiger partial charge in [0, 0.05) is 6.42 Å². The first-order chi connectivity index (χ1) is 10.7. The monoisotopic (exact) mass is 302 g/mol. The third-order valence-electron chi connectivity index (χ3n) is 3.53. The number of carbonyl (C=O) groups is 1. The topological polar surface area (TPSA) is 83.7 Å². The molecule has 1 aliphatic heterocycles. The Morgan fingerprint density at radius 3 is 2.91 bits per heavy atom. The van der Waals surface area contributed by atoms with Crippen molar-refractivity contribution in [2.45, 2.75) is 18.6 Å². The summed E-state index contributed by atoms with van der Waals surface area (Å²) in [7, 11) is 0. The minimum Gasteiger partial charge on any atom is -0.488 e. The van der Waals surface area contributed by atoms with Gasteiger partial charge in [-0.2, -0.15) is 0 Å². The number of furan rings is 1. The molecule has 0 aliphatic carbocycles. The lowest BCUT2D eigenvalue weighted by molar-refractivity contribution is 0.147. The normalized spacial score (nSPS) is 17.4. The highest BCUT2D eigenvalue weighted by Gasteiger charge is 2.22. The fourth-order valence-corrected chi connectivity index (χ4v) is 2.41. The van der Waals surface area contributed by atoms with Crippen LogP contribution in [0.3, 0.4) is 0 Å². The van der Waals surface area contributed by atoms with E-state index in [2.05, 4.69) is 10.6 Å². The van der Waals surface area contributed by atoms with Gasteiger partial charge >= 0.3 is 6.03 Å². The Bertz CT molecular complexity index is 602. The maximum Gasteiger partial charge on any atom is 0.315 e. The molecule has 2 amide bonds. The van der Waals surface area contributed by atoms with E-state index in [9.17, 15) is 9.90 Å². The van der Waals surface area contributed by atoms with E-state index in [1.165, 1.54) is 6.26 Å². The average molecular weight is 302 g/mol. The van der Waals surface area contributed by atoms with E-state index in [0.717, 1.165) is 17.7 Å². The number of aliphatic hydroxyl groups excluding tert-OH is 1. The van der Waals surface area contributed by atoms with E-state index < -0.39 is 6.10 Å². The van der Waals surface area contributed by atoms with Gasteiger partial charge in [-0.25, -0.2) is 4.79 Å². The van der Waals surface area contributed by atoms with Crippen molar-refractivity contribution < 1.29 is 19.1 Å². The fraction of sp³-hybridized carbons (Fsp3) is 0.312. The first-order valence-electron chi connectivity index (χ1n) is 7.20. The number of fused-ring (bicyclic) bond motifs is 1. The average Bonchev–Trinajstić information content (AvgIpc) is 3.19. The zero-order valence-electron chi connectivity index (χ0n) is 12.0. The molecule has 1 aliphatic rings. The van der Waals surface area contributed by atoms with Gasteiger partial charge in [-0.3, -0.25) is 0 Å². The second-order valence-electron chi connectivity index (χ2n) is 5.17. The number of hydrogen-bond donors (Lipinski definition) is 3. The molecule has 3 N–H and O–H groups in total.